The van der Waals surface area contributed by atoms with Crippen LogP contribution in [-0.4, -0.2) is 38.4 Å². The molecule has 1 atom stereocenters. The van der Waals surface area contributed by atoms with Crippen molar-refractivity contribution in [3.63, 3.8) is 0 Å². The number of nitrogens with zero attached hydrogens (tertiary/aromatic N) is 1. The summed E-state index contributed by atoms with van der Waals surface area (Å²) in [6.07, 6.45) is 3.62. The number of methoxy groups -OCH3 is 1. The molecule has 19 heavy (non-hydrogen) atoms. The fourth-order valence-corrected chi connectivity index (χ4v) is 2.95. The largest absolute Gasteiger partial charge is 0.497 e. The minimum Gasteiger partial charge on any atom is -0.497 e. The first-order valence-electron chi connectivity index (χ1n) is 7.12. The fraction of sp³-hybridized carbons (Fsp3) is 0.600. The molecule has 0 bridgehead atoms. The second-order valence-corrected chi connectivity index (χ2v) is 5.24. The zero-order chi connectivity index (χ0) is 13.1. The number of rotatable bonds is 3. The van der Waals surface area contributed by atoms with Crippen LogP contribution < -0.4 is 10.2 Å². The molecule has 1 N–H and O–H groups in total. The van der Waals surface area contributed by atoms with Gasteiger partial charge < -0.3 is 9.47 Å². The van der Waals surface area contributed by atoms with Crippen LogP contribution >= 0.6 is 0 Å². The van der Waals surface area contributed by atoms with E-state index in [9.17, 15) is 0 Å². The molecule has 0 aromatic heterocycles. The van der Waals surface area contributed by atoms with Gasteiger partial charge in [0.25, 0.3) is 0 Å². The number of hydrogen-bond donors (Lipinski definition) is 1. The highest BCUT2D eigenvalue weighted by Crippen LogP contribution is 2.32. The van der Waals surface area contributed by atoms with E-state index < -0.39 is 0 Å². The van der Waals surface area contributed by atoms with E-state index >= 15 is 0 Å². The van der Waals surface area contributed by atoms with Crippen LogP contribution in [0.4, 0.5) is 0 Å². The number of benzene rings is 1. The van der Waals surface area contributed by atoms with Crippen LogP contribution in [-0.2, 0) is 11.2 Å². The summed E-state index contributed by atoms with van der Waals surface area (Å²) in [4.78, 5) is 0. The standard InChI is InChI=1S/C15H22N2O2/c1-18-13-6-5-12-3-2-4-15(14(12)11-13)16-17-7-9-19-10-8-17/h5-6,11,15-16H,2-4,7-10H2,1H3. The number of hydrazine groups is 1. The molecule has 1 aliphatic heterocycles. The van der Waals surface area contributed by atoms with Gasteiger partial charge in [0, 0.05) is 19.1 Å². The van der Waals surface area contributed by atoms with Gasteiger partial charge in [0.1, 0.15) is 5.75 Å². The van der Waals surface area contributed by atoms with E-state index in [1.807, 2.05) is 0 Å². The highest BCUT2D eigenvalue weighted by atomic mass is 16.5. The number of morpholine rings is 1. The first-order valence-corrected chi connectivity index (χ1v) is 7.12. The number of nitrogens with one attached hydrogen (secondary N) is 1. The molecular formula is C15H22N2O2. The van der Waals surface area contributed by atoms with Gasteiger partial charge in [-0.25, -0.2) is 10.4 Å². The number of ether oxygens (including phenoxy) is 2. The Morgan fingerprint density at radius 2 is 2.16 bits per heavy atom. The predicted octanol–water partition coefficient (Wildman–Crippen LogP) is 1.91. The Labute approximate surface area is 114 Å². The van der Waals surface area contributed by atoms with E-state index in [1.165, 1.54) is 30.4 Å². The molecule has 0 spiro atoms. The molecule has 1 aromatic rings. The monoisotopic (exact) mass is 262 g/mol. The van der Waals surface area contributed by atoms with E-state index in [0.717, 1.165) is 32.1 Å². The summed E-state index contributed by atoms with van der Waals surface area (Å²) in [6, 6.07) is 6.88. The van der Waals surface area contributed by atoms with Gasteiger partial charge in [-0.3, -0.25) is 0 Å². The molecular weight excluding hydrogens is 240 g/mol. The maximum atomic E-state index is 5.39. The lowest BCUT2D eigenvalue weighted by molar-refractivity contribution is 0.00186. The summed E-state index contributed by atoms with van der Waals surface area (Å²) in [5.74, 6) is 0.953. The second kappa shape index (κ2) is 5.90. The van der Waals surface area contributed by atoms with Gasteiger partial charge in [0.05, 0.1) is 20.3 Å². The Morgan fingerprint density at radius 3 is 2.95 bits per heavy atom. The molecule has 0 saturated carbocycles. The van der Waals surface area contributed by atoms with Crippen molar-refractivity contribution in [3.05, 3.63) is 29.3 Å². The van der Waals surface area contributed by atoms with Gasteiger partial charge in [0.2, 0.25) is 0 Å². The molecule has 4 nitrogen and oxygen atoms in total. The Kier molecular flexibility index (Phi) is 4.01. The molecule has 1 saturated heterocycles. The topological polar surface area (TPSA) is 33.7 Å². The van der Waals surface area contributed by atoms with Gasteiger partial charge in [-0.2, -0.15) is 0 Å². The van der Waals surface area contributed by atoms with Crippen molar-refractivity contribution in [2.45, 2.75) is 25.3 Å². The maximum Gasteiger partial charge on any atom is 0.119 e. The molecule has 4 heteroatoms. The van der Waals surface area contributed by atoms with E-state index in [-0.39, 0.29) is 0 Å². The lowest BCUT2D eigenvalue weighted by atomic mass is 9.88. The Balaban J connectivity index is 1.76. The molecule has 2 aliphatic rings. The van der Waals surface area contributed by atoms with Crippen molar-refractivity contribution in [2.75, 3.05) is 33.4 Å². The number of hydrogen-bond acceptors (Lipinski definition) is 4. The minimum atomic E-state index is 0.414. The Hall–Kier alpha value is -1.10. The summed E-state index contributed by atoms with van der Waals surface area (Å²) in [5.41, 5.74) is 6.52. The van der Waals surface area contributed by atoms with Crippen molar-refractivity contribution in [3.8, 4) is 5.75 Å². The lowest BCUT2D eigenvalue weighted by Gasteiger charge is -2.34. The minimum absolute atomic E-state index is 0.414. The van der Waals surface area contributed by atoms with Crippen molar-refractivity contribution >= 4 is 0 Å². The van der Waals surface area contributed by atoms with Crippen LogP contribution in [0.2, 0.25) is 0 Å². The third-order valence-electron chi connectivity index (χ3n) is 4.02. The molecule has 0 radical (unpaired) electrons. The normalized spacial score (nSPS) is 23.9. The third-order valence-corrected chi connectivity index (χ3v) is 4.02. The van der Waals surface area contributed by atoms with E-state index in [0.29, 0.717) is 6.04 Å². The molecule has 0 amide bonds. The molecule has 1 aliphatic carbocycles. The van der Waals surface area contributed by atoms with Crippen molar-refractivity contribution in [2.24, 2.45) is 0 Å². The zero-order valence-electron chi connectivity index (χ0n) is 11.5. The molecule has 1 aromatic carbocycles. The third kappa shape index (κ3) is 2.91. The number of aryl methyl sites for hydroxylation is 1. The van der Waals surface area contributed by atoms with Gasteiger partial charge >= 0.3 is 0 Å². The quantitative estimate of drug-likeness (QED) is 0.902. The summed E-state index contributed by atoms with van der Waals surface area (Å²) < 4.78 is 10.8. The van der Waals surface area contributed by atoms with E-state index in [2.05, 4.69) is 28.6 Å². The zero-order valence-corrected chi connectivity index (χ0v) is 11.5. The summed E-state index contributed by atoms with van der Waals surface area (Å²) >= 11 is 0. The highest BCUT2D eigenvalue weighted by molar-refractivity contribution is 5.39. The Morgan fingerprint density at radius 1 is 1.32 bits per heavy atom. The van der Waals surface area contributed by atoms with Gasteiger partial charge in [-0.05, 0) is 42.5 Å². The molecule has 1 unspecified atom stereocenters. The van der Waals surface area contributed by atoms with E-state index in [4.69, 9.17) is 9.47 Å². The van der Waals surface area contributed by atoms with Crippen LogP contribution in [0.25, 0.3) is 0 Å². The summed E-state index contributed by atoms with van der Waals surface area (Å²) in [7, 11) is 1.73. The Bertz CT molecular complexity index is 430. The maximum absolute atomic E-state index is 5.39. The average molecular weight is 262 g/mol. The van der Waals surface area contributed by atoms with Crippen molar-refractivity contribution < 1.29 is 9.47 Å². The second-order valence-electron chi connectivity index (χ2n) is 5.24. The van der Waals surface area contributed by atoms with Crippen LogP contribution in [0.3, 0.4) is 0 Å². The molecule has 3 rings (SSSR count). The molecule has 1 fully saturated rings. The summed E-state index contributed by atoms with van der Waals surface area (Å²) in [5, 5.41) is 2.29. The number of fused-ring (bicyclic) bond motifs is 1. The molecule has 1 heterocycles. The predicted molar refractivity (Wildman–Crippen MR) is 74.2 cm³/mol. The van der Waals surface area contributed by atoms with Gasteiger partial charge in [-0.1, -0.05) is 6.07 Å². The fourth-order valence-electron chi connectivity index (χ4n) is 2.95. The van der Waals surface area contributed by atoms with Gasteiger partial charge in [0.15, 0.2) is 0 Å². The summed E-state index contributed by atoms with van der Waals surface area (Å²) in [6.45, 7) is 3.58. The van der Waals surface area contributed by atoms with Crippen LogP contribution in [0.1, 0.15) is 30.0 Å². The van der Waals surface area contributed by atoms with E-state index in [1.54, 1.807) is 7.11 Å². The molecule has 104 valence electrons. The van der Waals surface area contributed by atoms with Crippen LogP contribution in [0, 0.1) is 0 Å². The lowest BCUT2D eigenvalue weighted by Crippen LogP contribution is -2.47. The van der Waals surface area contributed by atoms with Crippen molar-refractivity contribution in [1.29, 1.82) is 0 Å². The van der Waals surface area contributed by atoms with Crippen LogP contribution in [0.15, 0.2) is 18.2 Å². The van der Waals surface area contributed by atoms with Crippen molar-refractivity contribution in [1.82, 2.24) is 10.4 Å². The highest BCUT2D eigenvalue weighted by Gasteiger charge is 2.23. The average Bonchev–Trinajstić information content (AvgIpc) is 2.48. The van der Waals surface area contributed by atoms with Gasteiger partial charge in [-0.15, -0.1) is 0 Å². The first kappa shape index (κ1) is 12.9. The SMILES string of the molecule is COc1ccc2c(c1)C(NN1CCOCC1)CCC2. The first-order chi connectivity index (χ1) is 9.36. The smallest absolute Gasteiger partial charge is 0.119 e. The van der Waals surface area contributed by atoms with Crippen LogP contribution in [0.5, 0.6) is 5.75 Å².